The van der Waals surface area contributed by atoms with Gasteiger partial charge in [0.05, 0.1) is 11.1 Å². The van der Waals surface area contributed by atoms with Crippen molar-refractivity contribution in [1.29, 1.82) is 0 Å². The summed E-state index contributed by atoms with van der Waals surface area (Å²) >= 11 is 0. The topological polar surface area (TPSA) is 87.6 Å². The molecule has 5 rings (SSSR count). The molecule has 2 aromatic carbocycles. The van der Waals surface area contributed by atoms with Gasteiger partial charge in [0, 0.05) is 44.2 Å². The van der Waals surface area contributed by atoms with Crippen LogP contribution in [-0.2, 0) is 9.53 Å². The van der Waals surface area contributed by atoms with Gasteiger partial charge in [0.25, 0.3) is 0 Å². The predicted molar refractivity (Wildman–Crippen MR) is 133 cm³/mol. The van der Waals surface area contributed by atoms with Gasteiger partial charge in [-0.25, -0.2) is 9.97 Å². The minimum absolute atomic E-state index is 0.162. The SMILES string of the molecule is Cc1ccc2c(N3CCC(NC(=O)CC4CCOCC4)CC3)nc(-c3ccccc3O)nc2c1. The molecular weight excluding hydrogens is 428 g/mol. The van der Waals surface area contributed by atoms with E-state index >= 15 is 0 Å². The number of aryl methyl sites for hydroxylation is 1. The second-order valence-electron chi connectivity index (χ2n) is 9.50. The maximum atomic E-state index is 12.6. The number of aromatic nitrogens is 2. The Morgan fingerprint density at radius 3 is 2.62 bits per heavy atom. The molecule has 2 N–H and O–H groups in total. The zero-order chi connectivity index (χ0) is 23.5. The molecule has 2 saturated heterocycles. The van der Waals surface area contributed by atoms with Crippen LogP contribution < -0.4 is 10.2 Å². The number of nitrogens with zero attached hydrogens (tertiary/aromatic N) is 3. The molecule has 34 heavy (non-hydrogen) atoms. The number of piperidine rings is 1. The summed E-state index contributed by atoms with van der Waals surface area (Å²) in [6.45, 7) is 5.21. The highest BCUT2D eigenvalue weighted by Gasteiger charge is 2.25. The Morgan fingerprint density at radius 1 is 1.09 bits per heavy atom. The van der Waals surface area contributed by atoms with E-state index < -0.39 is 0 Å². The zero-order valence-electron chi connectivity index (χ0n) is 19.7. The first-order valence-corrected chi connectivity index (χ1v) is 12.3. The lowest BCUT2D eigenvalue weighted by atomic mass is 9.95. The van der Waals surface area contributed by atoms with Crippen molar-refractivity contribution in [3.63, 3.8) is 0 Å². The first-order valence-electron chi connectivity index (χ1n) is 12.3. The van der Waals surface area contributed by atoms with E-state index in [0.29, 0.717) is 23.7 Å². The quantitative estimate of drug-likeness (QED) is 0.593. The Hall–Kier alpha value is -3.19. The predicted octanol–water partition coefficient (Wildman–Crippen LogP) is 4.21. The van der Waals surface area contributed by atoms with Crippen LogP contribution in [0.2, 0.25) is 0 Å². The van der Waals surface area contributed by atoms with Crippen LogP contribution in [0.5, 0.6) is 5.75 Å². The fourth-order valence-electron chi connectivity index (χ4n) is 4.98. The molecule has 1 amide bonds. The smallest absolute Gasteiger partial charge is 0.220 e. The van der Waals surface area contributed by atoms with Gasteiger partial charge < -0.3 is 20.1 Å². The maximum Gasteiger partial charge on any atom is 0.220 e. The molecule has 0 radical (unpaired) electrons. The number of carbonyl (C=O) groups is 1. The first kappa shape index (κ1) is 22.6. The number of para-hydroxylation sites is 1. The van der Waals surface area contributed by atoms with Crippen molar-refractivity contribution < 1.29 is 14.6 Å². The minimum Gasteiger partial charge on any atom is -0.507 e. The monoisotopic (exact) mass is 460 g/mol. The van der Waals surface area contributed by atoms with E-state index in [1.807, 2.05) is 12.1 Å². The second kappa shape index (κ2) is 9.97. The summed E-state index contributed by atoms with van der Waals surface area (Å²) in [5.74, 6) is 2.19. The van der Waals surface area contributed by atoms with E-state index in [-0.39, 0.29) is 17.7 Å². The third-order valence-corrected chi connectivity index (χ3v) is 6.95. The van der Waals surface area contributed by atoms with Gasteiger partial charge in [-0.3, -0.25) is 4.79 Å². The molecule has 3 aromatic rings. The Kier molecular flexibility index (Phi) is 6.63. The molecule has 2 fully saturated rings. The summed E-state index contributed by atoms with van der Waals surface area (Å²) in [4.78, 5) is 24.5. The number of rotatable bonds is 5. The van der Waals surface area contributed by atoms with E-state index in [2.05, 4.69) is 35.3 Å². The maximum absolute atomic E-state index is 12.6. The summed E-state index contributed by atoms with van der Waals surface area (Å²) in [6.07, 6.45) is 4.31. The van der Waals surface area contributed by atoms with Crippen LogP contribution >= 0.6 is 0 Å². The standard InChI is InChI=1S/C27H32N4O3/c1-18-6-7-21-23(16-18)29-26(22-4-2-3-5-24(22)32)30-27(21)31-12-8-20(9-13-31)28-25(33)17-19-10-14-34-15-11-19/h2-7,16,19-20,32H,8-15,17H2,1H3,(H,28,33). The molecule has 0 atom stereocenters. The van der Waals surface area contributed by atoms with Crippen LogP contribution in [0, 0.1) is 12.8 Å². The molecule has 0 saturated carbocycles. The number of hydrogen-bond donors (Lipinski definition) is 2. The third kappa shape index (κ3) is 4.99. The van der Waals surface area contributed by atoms with Gasteiger partial charge in [-0.05, 0) is 68.4 Å². The Bertz CT molecular complexity index is 1170. The van der Waals surface area contributed by atoms with Gasteiger partial charge in [0.15, 0.2) is 5.82 Å². The van der Waals surface area contributed by atoms with Crippen molar-refractivity contribution >= 4 is 22.6 Å². The van der Waals surface area contributed by atoms with E-state index in [1.54, 1.807) is 12.1 Å². The highest BCUT2D eigenvalue weighted by Crippen LogP contribution is 2.33. The molecule has 0 unspecified atom stereocenters. The fourth-order valence-corrected chi connectivity index (χ4v) is 4.98. The van der Waals surface area contributed by atoms with Gasteiger partial charge in [-0.1, -0.05) is 18.2 Å². The number of carbonyl (C=O) groups excluding carboxylic acids is 1. The highest BCUT2D eigenvalue weighted by molar-refractivity contribution is 5.92. The molecule has 3 heterocycles. The van der Waals surface area contributed by atoms with Gasteiger partial charge in [-0.15, -0.1) is 0 Å². The number of hydrogen-bond acceptors (Lipinski definition) is 6. The van der Waals surface area contributed by atoms with Gasteiger partial charge in [0.2, 0.25) is 5.91 Å². The van der Waals surface area contributed by atoms with Gasteiger partial charge in [-0.2, -0.15) is 0 Å². The minimum atomic E-state index is 0.162. The van der Waals surface area contributed by atoms with Crippen LogP contribution in [0.3, 0.4) is 0 Å². The highest BCUT2D eigenvalue weighted by atomic mass is 16.5. The van der Waals surface area contributed by atoms with E-state index in [4.69, 9.17) is 14.7 Å². The van der Waals surface area contributed by atoms with Crippen LogP contribution in [0.25, 0.3) is 22.3 Å². The van der Waals surface area contributed by atoms with Crippen molar-refractivity contribution in [2.75, 3.05) is 31.2 Å². The number of fused-ring (bicyclic) bond motifs is 1. The van der Waals surface area contributed by atoms with Crippen LogP contribution in [0.1, 0.15) is 37.7 Å². The molecule has 178 valence electrons. The molecule has 0 spiro atoms. The average molecular weight is 461 g/mol. The lowest BCUT2D eigenvalue weighted by Gasteiger charge is -2.34. The van der Waals surface area contributed by atoms with Crippen LogP contribution in [0.4, 0.5) is 5.82 Å². The van der Waals surface area contributed by atoms with Crippen molar-refractivity contribution in [2.24, 2.45) is 5.92 Å². The third-order valence-electron chi connectivity index (χ3n) is 6.95. The van der Waals surface area contributed by atoms with Gasteiger partial charge >= 0.3 is 0 Å². The zero-order valence-corrected chi connectivity index (χ0v) is 19.7. The van der Waals surface area contributed by atoms with E-state index in [1.165, 1.54) is 0 Å². The Labute approximate surface area is 200 Å². The number of nitrogens with one attached hydrogen (secondary N) is 1. The Morgan fingerprint density at radius 2 is 1.85 bits per heavy atom. The second-order valence-corrected chi connectivity index (χ2v) is 9.50. The summed E-state index contributed by atoms with van der Waals surface area (Å²) in [5.41, 5.74) is 2.63. The summed E-state index contributed by atoms with van der Waals surface area (Å²) in [6, 6.07) is 13.6. The average Bonchev–Trinajstić information content (AvgIpc) is 2.84. The van der Waals surface area contributed by atoms with Crippen molar-refractivity contribution in [2.45, 2.75) is 45.1 Å². The number of anilines is 1. The fraction of sp³-hybridized carbons (Fsp3) is 0.444. The van der Waals surface area contributed by atoms with Crippen molar-refractivity contribution in [3.05, 3.63) is 48.0 Å². The largest absolute Gasteiger partial charge is 0.507 e. The molecule has 7 heteroatoms. The molecule has 1 aromatic heterocycles. The number of benzene rings is 2. The number of amides is 1. The molecule has 2 aliphatic heterocycles. The molecular formula is C27H32N4O3. The van der Waals surface area contributed by atoms with Crippen LogP contribution in [-0.4, -0.2) is 53.3 Å². The van der Waals surface area contributed by atoms with E-state index in [0.717, 1.165) is 74.3 Å². The first-order chi connectivity index (χ1) is 16.6. The summed E-state index contributed by atoms with van der Waals surface area (Å²) in [7, 11) is 0. The normalized spacial score (nSPS) is 17.7. The number of ether oxygens (including phenoxy) is 1. The Balaban J connectivity index is 1.32. The number of aromatic hydroxyl groups is 1. The summed E-state index contributed by atoms with van der Waals surface area (Å²) in [5, 5.41) is 14.6. The van der Waals surface area contributed by atoms with Crippen LogP contribution in [0.15, 0.2) is 42.5 Å². The van der Waals surface area contributed by atoms with Crippen molar-refractivity contribution in [3.8, 4) is 17.1 Å². The summed E-state index contributed by atoms with van der Waals surface area (Å²) < 4.78 is 5.40. The molecule has 0 aliphatic carbocycles. The van der Waals surface area contributed by atoms with Crippen molar-refractivity contribution in [1.82, 2.24) is 15.3 Å². The molecule has 7 nitrogen and oxygen atoms in total. The number of phenolic OH excluding ortho intramolecular Hbond substituents is 1. The molecule has 0 bridgehead atoms. The number of phenols is 1. The molecule has 2 aliphatic rings. The lowest BCUT2D eigenvalue weighted by Crippen LogP contribution is -2.45. The van der Waals surface area contributed by atoms with E-state index in [9.17, 15) is 9.90 Å². The van der Waals surface area contributed by atoms with Gasteiger partial charge in [0.1, 0.15) is 11.6 Å². The lowest BCUT2D eigenvalue weighted by molar-refractivity contribution is -0.123.